The standard InChI is InChI=1S/C12H11ClN2/c1-8-2-3-15-7-12(8)9-4-10(13)6-11(14)5-9/h2-7H,14H2,1H3. The van der Waals surface area contributed by atoms with Crippen molar-refractivity contribution in [2.75, 3.05) is 5.73 Å². The van der Waals surface area contributed by atoms with Crippen LogP contribution in [0.5, 0.6) is 0 Å². The van der Waals surface area contributed by atoms with Gasteiger partial charge in [-0.15, -0.1) is 0 Å². The molecule has 1 aromatic carbocycles. The van der Waals surface area contributed by atoms with Crippen LogP contribution in [0.2, 0.25) is 5.02 Å². The Hall–Kier alpha value is -1.54. The van der Waals surface area contributed by atoms with Gasteiger partial charge in [-0.05, 0) is 42.3 Å². The lowest BCUT2D eigenvalue weighted by Crippen LogP contribution is -1.88. The number of halogens is 1. The summed E-state index contributed by atoms with van der Waals surface area (Å²) in [5.74, 6) is 0. The van der Waals surface area contributed by atoms with Crippen LogP contribution in [-0.4, -0.2) is 4.98 Å². The maximum Gasteiger partial charge on any atom is 0.0432 e. The number of nitrogens with zero attached hydrogens (tertiary/aromatic N) is 1. The Balaban J connectivity index is 2.59. The smallest absolute Gasteiger partial charge is 0.0432 e. The van der Waals surface area contributed by atoms with E-state index < -0.39 is 0 Å². The molecule has 0 unspecified atom stereocenters. The second kappa shape index (κ2) is 3.91. The van der Waals surface area contributed by atoms with Crippen LogP contribution in [0.1, 0.15) is 5.56 Å². The fraction of sp³-hybridized carbons (Fsp3) is 0.0833. The minimum atomic E-state index is 0.647. The molecule has 0 bridgehead atoms. The number of rotatable bonds is 1. The van der Waals surface area contributed by atoms with Gasteiger partial charge in [0.1, 0.15) is 0 Å². The third kappa shape index (κ3) is 2.10. The van der Waals surface area contributed by atoms with Crippen LogP contribution in [0.25, 0.3) is 11.1 Å². The summed E-state index contributed by atoms with van der Waals surface area (Å²) in [6, 6.07) is 7.49. The number of hydrogen-bond donors (Lipinski definition) is 1. The molecule has 0 spiro atoms. The van der Waals surface area contributed by atoms with Crippen LogP contribution in [0, 0.1) is 6.92 Å². The maximum absolute atomic E-state index is 5.95. The van der Waals surface area contributed by atoms with Crippen LogP contribution >= 0.6 is 11.6 Å². The third-order valence-corrected chi connectivity index (χ3v) is 2.49. The van der Waals surface area contributed by atoms with Gasteiger partial charge >= 0.3 is 0 Å². The molecule has 3 heteroatoms. The zero-order valence-corrected chi connectivity index (χ0v) is 9.12. The first-order chi connectivity index (χ1) is 7.16. The first-order valence-electron chi connectivity index (χ1n) is 4.64. The Kier molecular flexibility index (Phi) is 2.60. The van der Waals surface area contributed by atoms with E-state index in [0.717, 1.165) is 16.7 Å². The van der Waals surface area contributed by atoms with Crippen LogP contribution in [0.3, 0.4) is 0 Å². The summed E-state index contributed by atoms with van der Waals surface area (Å²) in [6.07, 6.45) is 3.59. The highest BCUT2D eigenvalue weighted by atomic mass is 35.5. The Morgan fingerprint density at radius 1 is 1.27 bits per heavy atom. The Labute approximate surface area is 93.7 Å². The first-order valence-corrected chi connectivity index (χ1v) is 5.01. The van der Waals surface area contributed by atoms with Gasteiger partial charge in [0.25, 0.3) is 0 Å². The van der Waals surface area contributed by atoms with Gasteiger partial charge in [-0.2, -0.15) is 0 Å². The molecule has 15 heavy (non-hydrogen) atoms. The van der Waals surface area contributed by atoms with E-state index >= 15 is 0 Å². The lowest BCUT2D eigenvalue weighted by Gasteiger charge is -2.06. The van der Waals surface area contributed by atoms with E-state index in [9.17, 15) is 0 Å². The molecule has 0 fully saturated rings. The molecule has 2 nitrogen and oxygen atoms in total. The number of hydrogen-bond acceptors (Lipinski definition) is 2. The van der Waals surface area contributed by atoms with E-state index in [-0.39, 0.29) is 0 Å². The van der Waals surface area contributed by atoms with Crippen molar-refractivity contribution in [2.45, 2.75) is 6.92 Å². The van der Waals surface area contributed by atoms with Crippen molar-refractivity contribution in [2.24, 2.45) is 0 Å². The van der Waals surface area contributed by atoms with Crippen LogP contribution in [-0.2, 0) is 0 Å². The van der Waals surface area contributed by atoms with Gasteiger partial charge in [-0.3, -0.25) is 4.98 Å². The minimum Gasteiger partial charge on any atom is -0.399 e. The summed E-state index contributed by atoms with van der Waals surface area (Å²) in [7, 11) is 0. The van der Waals surface area contributed by atoms with Gasteiger partial charge in [-0.25, -0.2) is 0 Å². The molecule has 0 saturated carbocycles. The quantitative estimate of drug-likeness (QED) is 0.746. The van der Waals surface area contributed by atoms with Gasteiger partial charge in [-0.1, -0.05) is 11.6 Å². The van der Waals surface area contributed by atoms with Gasteiger partial charge in [0.05, 0.1) is 0 Å². The molecular formula is C12H11ClN2. The van der Waals surface area contributed by atoms with Crippen molar-refractivity contribution < 1.29 is 0 Å². The van der Waals surface area contributed by atoms with Gasteiger partial charge in [0, 0.05) is 28.7 Å². The highest BCUT2D eigenvalue weighted by Gasteiger charge is 2.03. The topological polar surface area (TPSA) is 38.9 Å². The maximum atomic E-state index is 5.95. The van der Waals surface area contributed by atoms with Crippen LogP contribution < -0.4 is 5.73 Å². The zero-order chi connectivity index (χ0) is 10.8. The van der Waals surface area contributed by atoms with Gasteiger partial charge < -0.3 is 5.73 Å². The molecule has 76 valence electrons. The molecule has 0 amide bonds. The van der Waals surface area contributed by atoms with E-state index in [1.54, 1.807) is 12.3 Å². The van der Waals surface area contributed by atoms with Crippen LogP contribution in [0.15, 0.2) is 36.7 Å². The van der Waals surface area contributed by atoms with Crippen molar-refractivity contribution in [3.8, 4) is 11.1 Å². The van der Waals surface area contributed by atoms with E-state index in [2.05, 4.69) is 4.98 Å². The van der Waals surface area contributed by atoms with Crippen molar-refractivity contribution in [1.29, 1.82) is 0 Å². The first kappa shape index (κ1) is 9.99. The largest absolute Gasteiger partial charge is 0.399 e. The summed E-state index contributed by atoms with van der Waals surface area (Å²) in [4.78, 5) is 4.10. The summed E-state index contributed by atoms with van der Waals surface area (Å²) in [6.45, 7) is 2.04. The van der Waals surface area contributed by atoms with Crippen molar-refractivity contribution in [3.63, 3.8) is 0 Å². The fourth-order valence-corrected chi connectivity index (χ4v) is 1.78. The lowest BCUT2D eigenvalue weighted by atomic mass is 10.0. The molecule has 1 aromatic heterocycles. The van der Waals surface area contributed by atoms with E-state index in [1.807, 2.05) is 31.3 Å². The molecule has 0 aliphatic heterocycles. The van der Waals surface area contributed by atoms with Crippen molar-refractivity contribution >= 4 is 17.3 Å². The third-order valence-electron chi connectivity index (χ3n) is 2.27. The SMILES string of the molecule is Cc1ccncc1-c1cc(N)cc(Cl)c1. The highest BCUT2D eigenvalue weighted by molar-refractivity contribution is 6.31. The van der Waals surface area contributed by atoms with Crippen molar-refractivity contribution in [3.05, 3.63) is 47.2 Å². The number of nitrogens with two attached hydrogens (primary N) is 1. The summed E-state index contributed by atoms with van der Waals surface area (Å²) in [5, 5.41) is 0.647. The minimum absolute atomic E-state index is 0.647. The monoisotopic (exact) mass is 218 g/mol. The molecule has 0 aliphatic rings. The molecule has 0 saturated heterocycles. The number of anilines is 1. The van der Waals surface area contributed by atoms with E-state index in [1.165, 1.54) is 0 Å². The van der Waals surface area contributed by atoms with E-state index in [0.29, 0.717) is 10.7 Å². The number of pyridine rings is 1. The Bertz CT molecular complexity index is 474. The average Bonchev–Trinajstić information content (AvgIpc) is 2.16. The molecular weight excluding hydrogens is 208 g/mol. The second-order valence-electron chi connectivity index (χ2n) is 3.46. The van der Waals surface area contributed by atoms with Crippen LogP contribution in [0.4, 0.5) is 5.69 Å². The van der Waals surface area contributed by atoms with Crippen molar-refractivity contribution in [1.82, 2.24) is 4.98 Å². The predicted octanol–water partition coefficient (Wildman–Crippen LogP) is 3.29. The summed E-state index contributed by atoms with van der Waals surface area (Å²) >= 11 is 5.95. The average molecular weight is 219 g/mol. The lowest BCUT2D eigenvalue weighted by molar-refractivity contribution is 1.29. The molecule has 2 rings (SSSR count). The summed E-state index contributed by atoms with van der Waals surface area (Å²) in [5.41, 5.74) is 9.64. The zero-order valence-electron chi connectivity index (χ0n) is 8.37. The fourth-order valence-electron chi connectivity index (χ4n) is 1.53. The van der Waals surface area contributed by atoms with E-state index in [4.69, 9.17) is 17.3 Å². The molecule has 0 radical (unpaired) electrons. The molecule has 2 N–H and O–H groups in total. The molecule has 1 heterocycles. The second-order valence-corrected chi connectivity index (χ2v) is 3.90. The van der Waals surface area contributed by atoms with Gasteiger partial charge in [0.2, 0.25) is 0 Å². The number of aromatic nitrogens is 1. The number of nitrogen functional groups attached to an aromatic ring is 1. The molecule has 2 aromatic rings. The molecule has 0 atom stereocenters. The predicted molar refractivity (Wildman–Crippen MR) is 63.8 cm³/mol. The highest BCUT2D eigenvalue weighted by Crippen LogP contribution is 2.27. The Morgan fingerprint density at radius 3 is 2.73 bits per heavy atom. The molecule has 0 aliphatic carbocycles. The normalized spacial score (nSPS) is 10.3. The summed E-state index contributed by atoms with van der Waals surface area (Å²) < 4.78 is 0. The number of aryl methyl sites for hydroxylation is 1. The Morgan fingerprint density at radius 2 is 2.07 bits per heavy atom. The van der Waals surface area contributed by atoms with Gasteiger partial charge in [0.15, 0.2) is 0 Å². The number of benzene rings is 1.